The van der Waals surface area contributed by atoms with Crippen molar-refractivity contribution < 1.29 is 14.3 Å². The molecule has 2 aromatic carbocycles. The topological polar surface area (TPSA) is 70.7 Å². The van der Waals surface area contributed by atoms with Crippen LogP contribution in [-0.4, -0.2) is 42.5 Å². The Labute approximate surface area is 197 Å². The number of hydrogen-bond donors (Lipinski definition) is 2. The number of anilines is 1. The highest BCUT2D eigenvalue weighted by atomic mass is 79.9. The average Bonchev–Trinajstić information content (AvgIpc) is 2.73. The highest BCUT2D eigenvalue weighted by molar-refractivity contribution is 9.10. The first-order valence-electron chi connectivity index (χ1n) is 10.1. The monoisotopic (exact) mass is 505 g/mol. The summed E-state index contributed by atoms with van der Waals surface area (Å²) in [6, 6.07) is 12.9. The van der Waals surface area contributed by atoms with Crippen molar-refractivity contribution in [3.05, 3.63) is 58.1 Å². The zero-order valence-electron chi connectivity index (χ0n) is 18.0. The fraction of sp³-hybridized carbons (Fsp3) is 0.348. The number of unbranched alkanes of at least 4 members (excludes halogenated alkanes) is 1. The number of thiocarbonyl (C=S) groups is 1. The van der Waals surface area contributed by atoms with Gasteiger partial charge < -0.3 is 15.0 Å². The van der Waals surface area contributed by atoms with E-state index >= 15 is 0 Å². The van der Waals surface area contributed by atoms with E-state index in [4.69, 9.17) is 17.0 Å². The Balaban J connectivity index is 2.00. The van der Waals surface area contributed by atoms with Crippen molar-refractivity contribution >= 4 is 50.8 Å². The molecule has 2 N–H and O–H groups in total. The van der Waals surface area contributed by atoms with Crippen LogP contribution in [0, 0.1) is 0 Å². The summed E-state index contributed by atoms with van der Waals surface area (Å²) in [5.41, 5.74) is 2.16. The lowest BCUT2D eigenvalue weighted by Gasteiger charge is -2.14. The SMILES string of the molecule is CCCCOc1ccc(Br)cc1C(=O)NC(=S)Nc1cccc(CCC(=O)N(C)C)c1. The number of halogens is 1. The number of rotatable bonds is 9. The number of carbonyl (C=O) groups is 2. The van der Waals surface area contributed by atoms with Crippen LogP contribution in [0.2, 0.25) is 0 Å². The third-order valence-electron chi connectivity index (χ3n) is 4.48. The van der Waals surface area contributed by atoms with Gasteiger partial charge >= 0.3 is 0 Å². The molecule has 0 bridgehead atoms. The van der Waals surface area contributed by atoms with E-state index in [0.717, 1.165) is 28.6 Å². The average molecular weight is 506 g/mol. The Morgan fingerprint density at radius 2 is 1.94 bits per heavy atom. The van der Waals surface area contributed by atoms with E-state index in [2.05, 4.69) is 33.5 Å². The van der Waals surface area contributed by atoms with Gasteiger partial charge in [0, 0.05) is 30.7 Å². The molecule has 0 heterocycles. The molecule has 0 atom stereocenters. The number of amides is 2. The Morgan fingerprint density at radius 1 is 1.16 bits per heavy atom. The number of hydrogen-bond acceptors (Lipinski definition) is 4. The van der Waals surface area contributed by atoms with Gasteiger partial charge in [-0.15, -0.1) is 0 Å². The maximum absolute atomic E-state index is 12.8. The van der Waals surface area contributed by atoms with Crippen LogP contribution >= 0.6 is 28.1 Å². The van der Waals surface area contributed by atoms with Gasteiger partial charge in [-0.2, -0.15) is 0 Å². The van der Waals surface area contributed by atoms with Crippen LogP contribution in [0.15, 0.2) is 46.9 Å². The van der Waals surface area contributed by atoms with E-state index in [1.807, 2.05) is 30.3 Å². The van der Waals surface area contributed by atoms with Crippen molar-refractivity contribution in [2.45, 2.75) is 32.6 Å². The first-order chi connectivity index (χ1) is 14.8. The van der Waals surface area contributed by atoms with E-state index in [9.17, 15) is 9.59 Å². The van der Waals surface area contributed by atoms with Crippen molar-refractivity contribution in [2.24, 2.45) is 0 Å². The minimum Gasteiger partial charge on any atom is -0.493 e. The second-order valence-electron chi connectivity index (χ2n) is 7.24. The van der Waals surface area contributed by atoms with Crippen LogP contribution in [0.25, 0.3) is 0 Å². The summed E-state index contributed by atoms with van der Waals surface area (Å²) in [4.78, 5) is 26.2. The minimum atomic E-state index is -0.349. The van der Waals surface area contributed by atoms with Gasteiger partial charge in [0.2, 0.25) is 5.91 Å². The van der Waals surface area contributed by atoms with Gasteiger partial charge in [-0.3, -0.25) is 14.9 Å². The molecule has 2 aromatic rings. The lowest BCUT2D eigenvalue weighted by Crippen LogP contribution is -2.34. The molecule has 0 saturated heterocycles. The smallest absolute Gasteiger partial charge is 0.261 e. The molecular weight excluding hydrogens is 478 g/mol. The second-order valence-corrected chi connectivity index (χ2v) is 8.56. The van der Waals surface area contributed by atoms with Gasteiger partial charge in [-0.25, -0.2) is 0 Å². The molecule has 0 saturated carbocycles. The summed E-state index contributed by atoms with van der Waals surface area (Å²) >= 11 is 8.72. The van der Waals surface area contributed by atoms with Crippen molar-refractivity contribution in [3.63, 3.8) is 0 Å². The number of benzene rings is 2. The summed E-state index contributed by atoms with van der Waals surface area (Å²) in [5, 5.41) is 5.92. The van der Waals surface area contributed by atoms with E-state index in [-0.39, 0.29) is 16.9 Å². The minimum absolute atomic E-state index is 0.0760. The molecule has 0 spiro atoms. The molecule has 2 rings (SSSR count). The van der Waals surface area contributed by atoms with Gasteiger partial charge in [-0.05, 0) is 61.0 Å². The molecule has 0 unspecified atom stereocenters. The predicted octanol–water partition coefficient (Wildman–Crippen LogP) is 4.78. The Bertz CT molecular complexity index is 934. The van der Waals surface area contributed by atoms with E-state index in [1.54, 1.807) is 31.1 Å². The molecule has 8 heteroatoms. The normalized spacial score (nSPS) is 10.3. The fourth-order valence-electron chi connectivity index (χ4n) is 2.74. The number of nitrogens with one attached hydrogen (secondary N) is 2. The molecule has 0 aromatic heterocycles. The molecule has 2 amide bonds. The molecule has 0 fully saturated rings. The summed E-state index contributed by atoms with van der Waals surface area (Å²) in [6.07, 6.45) is 2.98. The molecule has 31 heavy (non-hydrogen) atoms. The second kappa shape index (κ2) is 12.4. The van der Waals surface area contributed by atoms with Crippen LogP contribution in [0.5, 0.6) is 5.75 Å². The zero-order valence-corrected chi connectivity index (χ0v) is 20.4. The molecule has 6 nitrogen and oxygen atoms in total. The van der Waals surface area contributed by atoms with Crippen LogP contribution in [0.3, 0.4) is 0 Å². The summed E-state index contributed by atoms with van der Waals surface area (Å²) in [6.45, 7) is 2.63. The fourth-order valence-corrected chi connectivity index (χ4v) is 3.32. The summed E-state index contributed by atoms with van der Waals surface area (Å²) in [7, 11) is 3.49. The number of aryl methyl sites for hydroxylation is 1. The first-order valence-corrected chi connectivity index (χ1v) is 11.3. The Kier molecular flexibility index (Phi) is 9.94. The van der Waals surface area contributed by atoms with Crippen molar-refractivity contribution in [1.29, 1.82) is 0 Å². The largest absolute Gasteiger partial charge is 0.493 e. The van der Waals surface area contributed by atoms with Gasteiger partial charge in [0.25, 0.3) is 5.91 Å². The molecule has 166 valence electrons. The maximum Gasteiger partial charge on any atom is 0.261 e. The third-order valence-corrected chi connectivity index (χ3v) is 5.18. The quantitative estimate of drug-likeness (QED) is 0.379. The highest BCUT2D eigenvalue weighted by Gasteiger charge is 2.15. The lowest BCUT2D eigenvalue weighted by molar-refractivity contribution is -0.128. The maximum atomic E-state index is 12.8. The Morgan fingerprint density at radius 3 is 2.65 bits per heavy atom. The third kappa shape index (κ3) is 8.30. The van der Waals surface area contributed by atoms with Gasteiger partial charge in [0.05, 0.1) is 12.2 Å². The van der Waals surface area contributed by atoms with Crippen LogP contribution < -0.4 is 15.4 Å². The molecule has 0 aliphatic rings. The van der Waals surface area contributed by atoms with Crippen molar-refractivity contribution in [1.82, 2.24) is 10.2 Å². The van der Waals surface area contributed by atoms with Crippen LogP contribution in [0.4, 0.5) is 5.69 Å². The van der Waals surface area contributed by atoms with Crippen molar-refractivity contribution in [2.75, 3.05) is 26.0 Å². The Hall–Kier alpha value is -2.45. The van der Waals surface area contributed by atoms with Crippen LogP contribution in [0.1, 0.15) is 42.1 Å². The molecule has 0 radical (unpaired) electrons. The number of ether oxygens (including phenoxy) is 1. The molecular formula is C23H28BrN3O3S. The molecule has 0 aliphatic heterocycles. The van der Waals surface area contributed by atoms with Crippen LogP contribution in [-0.2, 0) is 11.2 Å². The number of carbonyl (C=O) groups excluding carboxylic acids is 2. The predicted molar refractivity (Wildman–Crippen MR) is 132 cm³/mol. The standard InChI is InChI=1S/C23H28BrN3O3S/c1-4-5-13-30-20-11-10-17(24)15-19(20)22(29)26-23(31)25-18-8-6-7-16(14-18)9-12-21(28)27(2)3/h6-8,10-11,14-15H,4-5,9,12-13H2,1-3H3,(H2,25,26,29,31). The van der Waals surface area contributed by atoms with Gasteiger partial charge in [0.1, 0.15) is 5.75 Å². The summed E-state index contributed by atoms with van der Waals surface area (Å²) in [5.74, 6) is 0.245. The van der Waals surface area contributed by atoms with E-state index in [1.165, 1.54) is 0 Å². The summed E-state index contributed by atoms with van der Waals surface area (Å²) < 4.78 is 6.53. The van der Waals surface area contributed by atoms with Crippen molar-refractivity contribution in [3.8, 4) is 5.75 Å². The lowest BCUT2D eigenvalue weighted by atomic mass is 10.1. The van der Waals surface area contributed by atoms with E-state index < -0.39 is 0 Å². The highest BCUT2D eigenvalue weighted by Crippen LogP contribution is 2.23. The van der Waals surface area contributed by atoms with Gasteiger partial charge in [-0.1, -0.05) is 41.4 Å². The van der Waals surface area contributed by atoms with E-state index in [0.29, 0.717) is 30.8 Å². The zero-order chi connectivity index (χ0) is 22.8. The number of nitrogens with zero attached hydrogens (tertiary/aromatic N) is 1. The molecule has 0 aliphatic carbocycles. The first kappa shape index (κ1) is 24.8. The van der Waals surface area contributed by atoms with Gasteiger partial charge in [0.15, 0.2) is 5.11 Å².